The van der Waals surface area contributed by atoms with Crippen molar-refractivity contribution >= 4 is 23.4 Å². The molecule has 3 heterocycles. The second-order valence-corrected chi connectivity index (χ2v) is 6.17. The summed E-state index contributed by atoms with van der Waals surface area (Å²) in [4.78, 5) is 13.1. The van der Waals surface area contributed by atoms with Gasteiger partial charge in [0.25, 0.3) is 5.91 Å². The van der Waals surface area contributed by atoms with E-state index in [-0.39, 0.29) is 5.91 Å². The lowest BCUT2D eigenvalue weighted by Gasteiger charge is -2.10. The third-order valence-electron chi connectivity index (χ3n) is 4.15. The molecule has 3 aromatic rings. The Morgan fingerprint density at radius 2 is 1.81 bits per heavy atom. The number of para-hydroxylation sites is 1. The highest BCUT2D eigenvalue weighted by Crippen LogP contribution is 2.27. The zero-order chi connectivity index (χ0) is 18.3. The molecule has 26 heavy (non-hydrogen) atoms. The summed E-state index contributed by atoms with van der Waals surface area (Å²) in [7, 11) is 3.69. The van der Waals surface area contributed by atoms with Crippen molar-refractivity contribution in [2.24, 2.45) is 19.2 Å². The average Bonchev–Trinajstić information content (AvgIpc) is 3.28. The maximum atomic E-state index is 13.1. The zero-order valence-electron chi connectivity index (χ0n) is 14.8. The fraction of sp³-hybridized carbons (Fsp3) is 0.158. The van der Waals surface area contributed by atoms with Gasteiger partial charge in [0.2, 0.25) is 0 Å². The molecule has 0 unspecified atom stereocenters. The van der Waals surface area contributed by atoms with Crippen molar-refractivity contribution in [2.45, 2.75) is 6.92 Å². The van der Waals surface area contributed by atoms with Crippen molar-refractivity contribution in [3.63, 3.8) is 0 Å². The molecule has 0 bridgehead atoms. The van der Waals surface area contributed by atoms with Gasteiger partial charge in [-0.05, 0) is 37.3 Å². The summed E-state index contributed by atoms with van der Waals surface area (Å²) in [5, 5.41) is 14.8. The Morgan fingerprint density at radius 1 is 1.04 bits per heavy atom. The Kier molecular flexibility index (Phi) is 3.76. The molecule has 1 amide bonds. The number of hydrogen-bond donors (Lipinski definition) is 0. The lowest BCUT2D eigenvalue weighted by atomic mass is 10.1. The van der Waals surface area contributed by atoms with Crippen LogP contribution < -0.4 is 5.01 Å². The fourth-order valence-electron chi connectivity index (χ4n) is 2.97. The number of anilines is 1. The number of benzene rings is 1. The van der Waals surface area contributed by atoms with Gasteiger partial charge in [-0.1, -0.05) is 18.2 Å². The van der Waals surface area contributed by atoms with Crippen molar-refractivity contribution in [3.05, 3.63) is 71.3 Å². The van der Waals surface area contributed by atoms with Gasteiger partial charge in [0.1, 0.15) is 5.71 Å². The standard InChI is InChI=1S/C19H18N6O/c1-13-11-17(24(3)20-13)18-16(12-14-9-10-23(2)21-14)19(26)25(22-18)15-7-5-4-6-8-15/h4-12H,1-3H3/b16-12+. The Balaban J connectivity index is 1.86. The summed E-state index contributed by atoms with van der Waals surface area (Å²) in [5.74, 6) is -0.185. The van der Waals surface area contributed by atoms with E-state index in [0.717, 1.165) is 17.1 Å². The van der Waals surface area contributed by atoms with Crippen LogP contribution in [0, 0.1) is 6.92 Å². The molecule has 1 aliphatic heterocycles. The molecule has 7 heteroatoms. The van der Waals surface area contributed by atoms with Gasteiger partial charge in [0.05, 0.1) is 28.3 Å². The zero-order valence-corrected chi connectivity index (χ0v) is 14.8. The maximum Gasteiger partial charge on any atom is 0.281 e. The molecule has 0 aliphatic carbocycles. The molecule has 0 spiro atoms. The number of aromatic nitrogens is 4. The molecule has 4 rings (SSSR count). The van der Waals surface area contributed by atoms with E-state index in [4.69, 9.17) is 0 Å². The van der Waals surface area contributed by atoms with E-state index in [1.807, 2.05) is 69.7 Å². The number of carbonyl (C=O) groups excluding carboxylic acids is 1. The van der Waals surface area contributed by atoms with Gasteiger partial charge >= 0.3 is 0 Å². The molecule has 130 valence electrons. The Bertz CT molecular complexity index is 1040. The van der Waals surface area contributed by atoms with E-state index >= 15 is 0 Å². The highest BCUT2D eigenvalue weighted by atomic mass is 16.2. The van der Waals surface area contributed by atoms with Crippen LogP contribution in [0.5, 0.6) is 0 Å². The lowest BCUT2D eigenvalue weighted by Crippen LogP contribution is -2.21. The van der Waals surface area contributed by atoms with Crippen LogP contribution >= 0.6 is 0 Å². The van der Waals surface area contributed by atoms with E-state index in [1.165, 1.54) is 5.01 Å². The Labute approximate surface area is 150 Å². The van der Waals surface area contributed by atoms with Crippen molar-refractivity contribution in [3.8, 4) is 0 Å². The molecule has 7 nitrogen and oxygen atoms in total. The van der Waals surface area contributed by atoms with Crippen LogP contribution in [0.1, 0.15) is 17.1 Å². The minimum atomic E-state index is -0.185. The molecule has 0 radical (unpaired) electrons. The highest BCUT2D eigenvalue weighted by Gasteiger charge is 2.33. The van der Waals surface area contributed by atoms with Crippen LogP contribution in [0.25, 0.3) is 6.08 Å². The molecule has 0 N–H and O–H groups in total. The normalized spacial score (nSPS) is 15.8. The summed E-state index contributed by atoms with van der Waals surface area (Å²) in [5.41, 5.74) is 4.17. The second-order valence-electron chi connectivity index (χ2n) is 6.17. The first-order valence-electron chi connectivity index (χ1n) is 8.24. The van der Waals surface area contributed by atoms with Gasteiger partial charge in [-0.25, -0.2) is 0 Å². The van der Waals surface area contributed by atoms with E-state index in [2.05, 4.69) is 15.3 Å². The van der Waals surface area contributed by atoms with Gasteiger partial charge in [-0.2, -0.15) is 20.3 Å². The molecule has 2 aromatic heterocycles. The highest BCUT2D eigenvalue weighted by molar-refractivity contribution is 6.37. The molecule has 0 saturated carbocycles. The van der Waals surface area contributed by atoms with Crippen molar-refractivity contribution in [2.75, 3.05) is 5.01 Å². The number of carbonyl (C=O) groups is 1. The monoisotopic (exact) mass is 346 g/mol. The van der Waals surface area contributed by atoms with Crippen LogP contribution in [-0.2, 0) is 18.9 Å². The van der Waals surface area contributed by atoms with Crippen LogP contribution in [0.15, 0.2) is 59.3 Å². The predicted octanol–water partition coefficient (Wildman–Crippen LogP) is 2.30. The molecule has 0 saturated heterocycles. The van der Waals surface area contributed by atoms with Gasteiger partial charge in [-0.15, -0.1) is 0 Å². The molecule has 0 fully saturated rings. The summed E-state index contributed by atoms with van der Waals surface area (Å²) < 4.78 is 3.44. The van der Waals surface area contributed by atoms with Crippen LogP contribution in [-0.4, -0.2) is 31.2 Å². The third kappa shape index (κ3) is 2.73. The number of rotatable bonds is 3. The van der Waals surface area contributed by atoms with Crippen LogP contribution in [0.4, 0.5) is 5.69 Å². The van der Waals surface area contributed by atoms with E-state index in [0.29, 0.717) is 17.0 Å². The SMILES string of the molecule is Cc1cc(C2=NN(c3ccccc3)C(=O)/C2=C/c2ccn(C)n2)n(C)n1. The minimum absolute atomic E-state index is 0.185. The molecule has 1 aromatic carbocycles. The van der Waals surface area contributed by atoms with Gasteiger partial charge in [-0.3, -0.25) is 14.2 Å². The van der Waals surface area contributed by atoms with Gasteiger partial charge < -0.3 is 0 Å². The minimum Gasteiger partial charge on any atom is -0.275 e. The summed E-state index contributed by atoms with van der Waals surface area (Å²) in [6.07, 6.45) is 3.61. The summed E-state index contributed by atoms with van der Waals surface area (Å²) in [6.45, 7) is 1.91. The number of hydrazone groups is 1. The van der Waals surface area contributed by atoms with Crippen molar-refractivity contribution in [1.29, 1.82) is 0 Å². The third-order valence-corrected chi connectivity index (χ3v) is 4.15. The molecule has 0 atom stereocenters. The van der Waals surface area contributed by atoms with E-state index in [1.54, 1.807) is 15.4 Å². The fourth-order valence-corrected chi connectivity index (χ4v) is 2.97. The van der Waals surface area contributed by atoms with E-state index in [9.17, 15) is 4.79 Å². The summed E-state index contributed by atoms with van der Waals surface area (Å²) in [6, 6.07) is 13.2. The van der Waals surface area contributed by atoms with Gasteiger partial charge in [0.15, 0.2) is 0 Å². The predicted molar refractivity (Wildman–Crippen MR) is 99.6 cm³/mol. The average molecular weight is 346 g/mol. The number of aryl methyl sites for hydroxylation is 3. The number of nitrogens with zero attached hydrogens (tertiary/aromatic N) is 6. The molecular weight excluding hydrogens is 328 g/mol. The quantitative estimate of drug-likeness (QED) is 0.683. The lowest BCUT2D eigenvalue weighted by molar-refractivity contribution is -0.114. The number of amides is 1. The maximum absolute atomic E-state index is 13.1. The first-order chi connectivity index (χ1) is 12.5. The first kappa shape index (κ1) is 16.0. The van der Waals surface area contributed by atoms with Crippen molar-refractivity contribution < 1.29 is 4.79 Å². The van der Waals surface area contributed by atoms with Crippen LogP contribution in [0.2, 0.25) is 0 Å². The smallest absolute Gasteiger partial charge is 0.275 e. The topological polar surface area (TPSA) is 68.3 Å². The Morgan fingerprint density at radius 3 is 2.42 bits per heavy atom. The summed E-state index contributed by atoms with van der Waals surface area (Å²) >= 11 is 0. The second kappa shape index (κ2) is 6.11. The largest absolute Gasteiger partial charge is 0.281 e. The van der Waals surface area contributed by atoms with Crippen LogP contribution in [0.3, 0.4) is 0 Å². The van der Waals surface area contributed by atoms with Crippen molar-refractivity contribution in [1.82, 2.24) is 19.6 Å². The molecular formula is C19H18N6O. The van der Waals surface area contributed by atoms with Gasteiger partial charge in [0, 0.05) is 20.3 Å². The number of hydrogen-bond acceptors (Lipinski definition) is 4. The molecule has 1 aliphatic rings. The first-order valence-corrected chi connectivity index (χ1v) is 8.24. The van der Waals surface area contributed by atoms with E-state index < -0.39 is 0 Å². The Hall–Kier alpha value is -3.48.